The van der Waals surface area contributed by atoms with Crippen LogP contribution >= 0.6 is 0 Å². The molecule has 0 saturated carbocycles. The molecule has 9 aromatic carbocycles. The van der Waals surface area contributed by atoms with Crippen molar-refractivity contribution in [3.05, 3.63) is 182 Å². The Hall–Kier alpha value is -7.17. The Morgan fingerprint density at radius 3 is 1.62 bits per heavy atom. The van der Waals surface area contributed by atoms with Gasteiger partial charge in [-0.15, -0.1) is 0 Å². The lowest BCUT2D eigenvalue weighted by Crippen LogP contribution is -2.02. The first-order valence-electron chi connectivity index (χ1n) is 18.0. The van der Waals surface area contributed by atoms with Crippen LogP contribution in [-0.2, 0) is 0 Å². The third-order valence-electron chi connectivity index (χ3n) is 10.6. The Morgan fingerprint density at radius 2 is 0.868 bits per heavy atom. The van der Waals surface area contributed by atoms with E-state index < -0.39 is 0 Å². The molecule has 0 unspecified atom stereocenters. The van der Waals surface area contributed by atoms with E-state index in [1.165, 1.54) is 48.7 Å². The van der Waals surface area contributed by atoms with Crippen LogP contribution in [0.4, 0.5) is 0 Å². The highest BCUT2D eigenvalue weighted by atomic mass is 15.0. The SMILES string of the molecule is c1ccc(-c2nc(-c3ccc4c(ccc5ccc6ccccc6c54)c3)nc(-c3ccc(-n4c5ccccc5c5ccccc54)c4ccccc34)n2)cc1. The second-order valence-electron chi connectivity index (χ2n) is 13.6. The van der Waals surface area contributed by atoms with Crippen LogP contribution in [0.5, 0.6) is 0 Å². The van der Waals surface area contributed by atoms with E-state index in [0.29, 0.717) is 17.5 Å². The molecule has 2 heterocycles. The van der Waals surface area contributed by atoms with Crippen LogP contribution < -0.4 is 0 Å². The molecule has 0 bridgehead atoms. The molecule has 0 fully saturated rings. The van der Waals surface area contributed by atoms with Gasteiger partial charge in [-0.05, 0) is 68.0 Å². The second-order valence-corrected chi connectivity index (χ2v) is 13.6. The van der Waals surface area contributed by atoms with E-state index in [9.17, 15) is 0 Å². The van der Waals surface area contributed by atoms with Crippen LogP contribution in [0.3, 0.4) is 0 Å². The van der Waals surface area contributed by atoms with Gasteiger partial charge in [0.15, 0.2) is 17.5 Å². The van der Waals surface area contributed by atoms with E-state index in [1.54, 1.807) is 0 Å². The van der Waals surface area contributed by atoms with Gasteiger partial charge in [0.1, 0.15) is 0 Å². The Balaban J connectivity index is 1.13. The van der Waals surface area contributed by atoms with Crippen molar-refractivity contribution in [1.82, 2.24) is 19.5 Å². The quantitative estimate of drug-likeness (QED) is 0.175. The summed E-state index contributed by atoms with van der Waals surface area (Å²) in [6, 6.07) is 64.5. The summed E-state index contributed by atoms with van der Waals surface area (Å²) in [6.45, 7) is 0. The van der Waals surface area contributed by atoms with Crippen molar-refractivity contribution in [2.24, 2.45) is 0 Å². The second kappa shape index (κ2) is 11.7. The highest BCUT2D eigenvalue weighted by Crippen LogP contribution is 2.39. The Kier molecular flexibility index (Phi) is 6.52. The van der Waals surface area contributed by atoms with Gasteiger partial charge < -0.3 is 4.57 Å². The molecule has 0 radical (unpaired) electrons. The molecule has 0 aliphatic rings. The zero-order valence-electron chi connectivity index (χ0n) is 28.6. The number of benzene rings is 9. The minimum Gasteiger partial charge on any atom is -0.309 e. The van der Waals surface area contributed by atoms with E-state index in [4.69, 9.17) is 15.0 Å². The molecular weight excluding hydrogens is 645 g/mol. The van der Waals surface area contributed by atoms with Gasteiger partial charge in [0.25, 0.3) is 0 Å². The van der Waals surface area contributed by atoms with Crippen LogP contribution in [0.1, 0.15) is 0 Å². The number of nitrogens with zero attached hydrogens (tertiary/aromatic N) is 4. The van der Waals surface area contributed by atoms with Crippen molar-refractivity contribution in [2.45, 2.75) is 0 Å². The Morgan fingerprint density at radius 1 is 0.321 bits per heavy atom. The minimum absolute atomic E-state index is 0.642. The third kappa shape index (κ3) is 4.66. The van der Waals surface area contributed by atoms with Crippen LogP contribution in [0.15, 0.2) is 182 Å². The van der Waals surface area contributed by atoms with Crippen molar-refractivity contribution in [1.29, 1.82) is 0 Å². The molecular formula is C49H30N4. The summed E-state index contributed by atoms with van der Waals surface area (Å²) >= 11 is 0. The summed E-state index contributed by atoms with van der Waals surface area (Å²) < 4.78 is 2.38. The van der Waals surface area contributed by atoms with Crippen LogP contribution in [-0.4, -0.2) is 19.5 Å². The number of fused-ring (bicyclic) bond motifs is 9. The molecule has 11 rings (SSSR count). The summed E-state index contributed by atoms with van der Waals surface area (Å²) in [5.41, 5.74) is 6.33. The Labute approximate surface area is 305 Å². The first kappa shape index (κ1) is 29.5. The smallest absolute Gasteiger partial charge is 0.164 e. The predicted octanol–water partition coefficient (Wildman–Crippen LogP) is 12.6. The maximum atomic E-state index is 5.23. The van der Waals surface area contributed by atoms with Crippen LogP contribution in [0, 0.1) is 0 Å². The summed E-state index contributed by atoms with van der Waals surface area (Å²) in [5.74, 6) is 1.93. The Bertz CT molecular complexity index is 3180. The zero-order chi connectivity index (χ0) is 34.9. The molecule has 0 aliphatic carbocycles. The monoisotopic (exact) mass is 674 g/mol. The molecule has 2 aromatic heterocycles. The minimum atomic E-state index is 0.642. The first-order chi connectivity index (χ1) is 26.3. The number of rotatable bonds is 4. The van der Waals surface area contributed by atoms with Crippen LogP contribution in [0.25, 0.3) is 105 Å². The zero-order valence-corrected chi connectivity index (χ0v) is 28.6. The van der Waals surface area contributed by atoms with Crippen molar-refractivity contribution in [2.75, 3.05) is 0 Å². The van der Waals surface area contributed by atoms with Gasteiger partial charge in [-0.3, -0.25) is 0 Å². The van der Waals surface area contributed by atoms with Crippen molar-refractivity contribution < 1.29 is 0 Å². The maximum absolute atomic E-state index is 5.23. The fourth-order valence-corrected chi connectivity index (χ4v) is 8.17. The summed E-state index contributed by atoms with van der Waals surface area (Å²) in [5, 5.41) is 12.0. The molecule has 4 heteroatoms. The summed E-state index contributed by atoms with van der Waals surface area (Å²) in [4.78, 5) is 15.5. The molecule has 0 N–H and O–H groups in total. The molecule has 53 heavy (non-hydrogen) atoms. The predicted molar refractivity (Wildman–Crippen MR) is 220 cm³/mol. The topological polar surface area (TPSA) is 43.6 Å². The first-order valence-corrected chi connectivity index (χ1v) is 18.0. The molecule has 4 nitrogen and oxygen atoms in total. The summed E-state index contributed by atoms with van der Waals surface area (Å²) in [7, 11) is 0. The normalized spacial score (nSPS) is 11.8. The van der Waals surface area contributed by atoms with Gasteiger partial charge in [-0.1, -0.05) is 152 Å². The van der Waals surface area contributed by atoms with Gasteiger partial charge in [0, 0.05) is 32.8 Å². The average molecular weight is 675 g/mol. The fourth-order valence-electron chi connectivity index (χ4n) is 8.17. The standard InChI is InChI=1S/C49H30N4/c1-2-13-33(14-3-1)47-50-48(35-26-27-37-34(30-35)25-24-32-23-22-31-12-4-5-15-36(31)46(32)37)52-49(51-47)42-28-29-45(39-17-7-6-16-38(39)42)53-43-20-10-8-18-40(43)41-19-9-11-21-44(41)53/h1-30H. The van der Waals surface area contributed by atoms with Crippen LogP contribution in [0.2, 0.25) is 0 Å². The van der Waals surface area contributed by atoms with E-state index in [0.717, 1.165) is 38.5 Å². The number of hydrogen-bond donors (Lipinski definition) is 0. The van der Waals surface area contributed by atoms with Crippen molar-refractivity contribution in [3.8, 4) is 39.9 Å². The van der Waals surface area contributed by atoms with Crippen molar-refractivity contribution in [3.63, 3.8) is 0 Å². The van der Waals surface area contributed by atoms with Gasteiger partial charge >= 0.3 is 0 Å². The summed E-state index contributed by atoms with van der Waals surface area (Å²) in [6.07, 6.45) is 0. The number of aromatic nitrogens is 4. The van der Waals surface area contributed by atoms with E-state index in [-0.39, 0.29) is 0 Å². The number of hydrogen-bond acceptors (Lipinski definition) is 3. The van der Waals surface area contributed by atoms with Gasteiger partial charge in [-0.25, -0.2) is 15.0 Å². The maximum Gasteiger partial charge on any atom is 0.164 e. The highest BCUT2D eigenvalue weighted by Gasteiger charge is 2.19. The third-order valence-corrected chi connectivity index (χ3v) is 10.6. The molecule has 0 atom stereocenters. The van der Waals surface area contributed by atoms with Gasteiger partial charge in [-0.2, -0.15) is 0 Å². The largest absolute Gasteiger partial charge is 0.309 e. The molecule has 246 valence electrons. The van der Waals surface area contributed by atoms with E-state index >= 15 is 0 Å². The van der Waals surface area contributed by atoms with E-state index in [2.05, 4.69) is 168 Å². The van der Waals surface area contributed by atoms with Gasteiger partial charge in [0.05, 0.1) is 16.7 Å². The average Bonchev–Trinajstić information content (AvgIpc) is 3.57. The molecule has 0 aliphatic heterocycles. The lowest BCUT2D eigenvalue weighted by Gasteiger charge is -2.15. The van der Waals surface area contributed by atoms with Crippen molar-refractivity contribution >= 4 is 64.9 Å². The van der Waals surface area contributed by atoms with E-state index in [1.807, 2.05) is 18.2 Å². The molecule has 0 amide bonds. The fraction of sp³-hybridized carbons (Fsp3) is 0. The molecule has 0 spiro atoms. The molecule has 11 aromatic rings. The lowest BCUT2D eigenvalue weighted by atomic mass is 9.95. The molecule has 0 saturated heterocycles. The van der Waals surface area contributed by atoms with Gasteiger partial charge in [0.2, 0.25) is 0 Å². The number of para-hydroxylation sites is 2. The highest BCUT2D eigenvalue weighted by molar-refractivity contribution is 6.20. The lowest BCUT2D eigenvalue weighted by molar-refractivity contribution is 1.08.